The molecule has 0 aliphatic rings. The van der Waals surface area contributed by atoms with E-state index in [1.807, 2.05) is 0 Å². The SMILES string of the molecule is C=COCCOCCOCCOCCOCCOCCOCCOCCOCCOCCOCCOCCOC(=O)CCCCCC. The Morgan fingerprint density at radius 1 is 0.404 bits per heavy atom. The Morgan fingerprint density at radius 3 is 0.957 bits per heavy atom. The molecule has 14 nitrogen and oxygen atoms in total. The normalized spacial score (nSPS) is 11.3. The first-order valence-corrected chi connectivity index (χ1v) is 17.0. The molecule has 0 aromatic carbocycles. The molecule has 0 aromatic rings. The minimum atomic E-state index is -0.153. The molecule has 0 spiro atoms. The number of hydrogen-bond donors (Lipinski definition) is 0. The molecule has 0 saturated carbocycles. The van der Waals surface area contributed by atoms with Gasteiger partial charge < -0.3 is 61.6 Å². The summed E-state index contributed by atoms with van der Waals surface area (Å²) in [7, 11) is 0. The molecule has 0 amide bonds. The van der Waals surface area contributed by atoms with E-state index in [0.717, 1.165) is 25.7 Å². The Balaban J connectivity index is 3.08. The molecule has 0 atom stereocenters. The summed E-state index contributed by atoms with van der Waals surface area (Å²) < 4.78 is 69.9. The van der Waals surface area contributed by atoms with Crippen molar-refractivity contribution in [3.63, 3.8) is 0 Å². The highest BCUT2D eigenvalue weighted by Crippen LogP contribution is 2.03. The van der Waals surface area contributed by atoms with Crippen LogP contribution in [0.25, 0.3) is 0 Å². The average Bonchev–Trinajstić information content (AvgIpc) is 3.08. The van der Waals surface area contributed by atoms with Crippen LogP contribution < -0.4 is 0 Å². The number of carbonyl (C=O) groups is 1. The summed E-state index contributed by atoms with van der Waals surface area (Å²) in [6.45, 7) is 17.3. The number of esters is 1. The highest BCUT2D eigenvalue weighted by molar-refractivity contribution is 5.69. The summed E-state index contributed by atoms with van der Waals surface area (Å²) in [5.74, 6) is -0.153. The van der Waals surface area contributed by atoms with Crippen LogP contribution in [0.3, 0.4) is 0 Å². The van der Waals surface area contributed by atoms with Gasteiger partial charge in [-0.15, -0.1) is 0 Å². The van der Waals surface area contributed by atoms with Gasteiger partial charge in [-0.25, -0.2) is 0 Å². The van der Waals surface area contributed by atoms with Gasteiger partial charge in [0, 0.05) is 6.42 Å². The second kappa shape index (κ2) is 42.6. The third kappa shape index (κ3) is 42.5. The number of ether oxygens (including phenoxy) is 13. The van der Waals surface area contributed by atoms with Gasteiger partial charge in [0.25, 0.3) is 0 Å². The summed E-state index contributed by atoms with van der Waals surface area (Å²) in [6, 6.07) is 0. The van der Waals surface area contributed by atoms with Crippen LogP contribution in [0.2, 0.25) is 0 Å². The van der Waals surface area contributed by atoms with Crippen LogP contribution in [0.5, 0.6) is 0 Å². The van der Waals surface area contributed by atoms with Crippen molar-refractivity contribution >= 4 is 5.97 Å². The van der Waals surface area contributed by atoms with Crippen LogP contribution in [0, 0.1) is 0 Å². The first-order valence-electron chi connectivity index (χ1n) is 17.0. The fraction of sp³-hybridized carbons (Fsp3) is 0.909. The van der Waals surface area contributed by atoms with Crippen LogP contribution >= 0.6 is 0 Å². The number of carbonyl (C=O) groups excluding carboxylic acids is 1. The molecule has 47 heavy (non-hydrogen) atoms. The van der Waals surface area contributed by atoms with Crippen LogP contribution in [0.1, 0.15) is 39.0 Å². The Morgan fingerprint density at radius 2 is 0.681 bits per heavy atom. The van der Waals surface area contributed by atoms with E-state index in [4.69, 9.17) is 61.6 Å². The molecule has 0 fully saturated rings. The summed E-state index contributed by atoms with van der Waals surface area (Å²) >= 11 is 0. The summed E-state index contributed by atoms with van der Waals surface area (Å²) in [5.41, 5.74) is 0. The maximum absolute atomic E-state index is 11.5. The predicted octanol–water partition coefficient (Wildman–Crippen LogP) is 2.84. The zero-order valence-corrected chi connectivity index (χ0v) is 29.0. The highest BCUT2D eigenvalue weighted by atomic mass is 16.6. The third-order valence-electron chi connectivity index (χ3n) is 5.91. The summed E-state index contributed by atoms with van der Waals surface area (Å²) in [6.07, 6.45) is 6.15. The third-order valence-corrected chi connectivity index (χ3v) is 5.91. The van der Waals surface area contributed by atoms with Gasteiger partial charge in [0.2, 0.25) is 0 Å². The lowest BCUT2D eigenvalue weighted by molar-refractivity contribution is -0.145. The first kappa shape index (κ1) is 45.6. The largest absolute Gasteiger partial charge is 0.499 e. The van der Waals surface area contributed by atoms with Gasteiger partial charge in [-0.1, -0.05) is 32.8 Å². The lowest BCUT2D eigenvalue weighted by atomic mass is 10.2. The van der Waals surface area contributed by atoms with Gasteiger partial charge in [-0.2, -0.15) is 0 Å². The van der Waals surface area contributed by atoms with E-state index >= 15 is 0 Å². The number of unbranched alkanes of at least 4 members (excludes halogenated alkanes) is 3. The van der Waals surface area contributed by atoms with Gasteiger partial charge in [0.05, 0.1) is 152 Å². The summed E-state index contributed by atoms with van der Waals surface area (Å²) in [5, 5.41) is 0. The fourth-order valence-electron chi connectivity index (χ4n) is 3.47. The van der Waals surface area contributed by atoms with Crippen molar-refractivity contribution in [2.75, 3.05) is 159 Å². The standard InChI is InChI=1S/C33H64O14/c1-3-5-6-7-8-33(34)47-32-31-46-30-29-45-28-27-44-26-25-43-24-23-42-22-21-41-20-19-40-18-17-39-16-15-38-14-13-37-12-11-36-10-9-35-4-2/h4H,2-3,5-32H2,1H3. The van der Waals surface area contributed by atoms with Crippen molar-refractivity contribution < 1.29 is 66.4 Å². The van der Waals surface area contributed by atoms with E-state index in [1.165, 1.54) is 6.26 Å². The molecule has 0 bridgehead atoms. The van der Waals surface area contributed by atoms with Gasteiger partial charge in [-0.3, -0.25) is 4.79 Å². The van der Waals surface area contributed by atoms with Crippen molar-refractivity contribution in [2.24, 2.45) is 0 Å². The maximum Gasteiger partial charge on any atom is 0.305 e. The van der Waals surface area contributed by atoms with E-state index in [-0.39, 0.29) is 12.6 Å². The van der Waals surface area contributed by atoms with Gasteiger partial charge in [0.1, 0.15) is 13.2 Å². The molecule has 0 N–H and O–H groups in total. The monoisotopic (exact) mass is 684 g/mol. The van der Waals surface area contributed by atoms with Crippen LogP contribution in [0.4, 0.5) is 0 Å². The summed E-state index contributed by atoms with van der Waals surface area (Å²) in [4.78, 5) is 11.5. The Bertz CT molecular complexity index is 614. The van der Waals surface area contributed by atoms with E-state index < -0.39 is 0 Å². The molecular weight excluding hydrogens is 620 g/mol. The molecule has 0 aliphatic heterocycles. The quantitative estimate of drug-likeness (QED) is 0.0529. The molecule has 280 valence electrons. The Hall–Kier alpha value is -1.43. The molecule has 0 radical (unpaired) electrons. The predicted molar refractivity (Wildman–Crippen MR) is 175 cm³/mol. The van der Waals surface area contributed by atoms with Crippen LogP contribution in [-0.2, 0) is 66.4 Å². The minimum absolute atomic E-state index is 0.153. The zero-order valence-electron chi connectivity index (χ0n) is 29.0. The molecule has 0 rings (SSSR count). The van der Waals surface area contributed by atoms with Crippen molar-refractivity contribution in [3.8, 4) is 0 Å². The lowest BCUT2D eigenvalue weighted by Crippen LogP contribution is -2.15. The average molecular weight is 685 g/mol. The molecule has 0 aromatic heterocycles. The molecule has 0 unspecified atom stereocenters. The van der Waals surface area contributed by atoms with E-state index in [9.17, 15) is 4.79 Å². The second-order valence-corrected chi connectivity index (χ2v) is 9.80. The smallest absolute Gasteiger partial charge is 0.305 e. The molecule has 0 heterocycles. The van der Waals surface area contributed by atoms with Crippen molar-refractivity contribution in [1.29, 1.82) is 0 Å². The van der Waals surface area contributed by atoms with Gasteiger partial charge in [0.15, 0.2) is 0 Å². The first-order chi connectivity index (χ1) is 23.3. The van der Waals surface area contributed by atoms with Crippen molar-refractivity contribution in [1.82, 2.24) is 0 Å². The Kier molecular flexibility index (Phi) is 41.3. The lowest BCUT2D eigenvalue weighted by Gasteiger charge is -2.09. The van der Waals surface area contributed by atoms with E-state index in [1.54, 1.807) is 0 Å². The molecular formula is C33H64O14. The minimum Gasteiger partial charge on any atom is -0.499 e. The molecule has 0 saturated heterocycles. The molecule has 0 aliphatic carbocycles. The van der Waals surface area contributed by atoms with Gasteiger partial charge >= 0.3 is 5.97 Å². The van der Waals surface area contributed by atoms with Crippen LogP contribution in [-0.4, -0.2) is 165 Å². The van der Waals surface area contributed by atoms with Crippen molar-refractivity contribution in [3.05, 3.63) is 12.8 Å². The van der Waals surface area contributed by atoms with E-state index in [2.05, 4.69) is 13.5 Å². The zero-order chi connectivity index (χ0) is 34.0. The number of rotatable bonds is 42. The van der Waals surface area contributed by atoms with Gasteiger partial charge in [-0.05, 0) is 6.42 Å². The fourth-order valence-corrected chi connectivity index (χ4v) is 3.47. The topological polar surface area (TPSA) is 137 Å². The molecule has 14 heteroatoms. The van der Waals surface area contributed by atoms with E-state index in [0.29, 0.717) is 158 Å². The maximum atomic E-state index is 11.5. The second-order valence-electron chi connectivity index (χ2n) is 9.80. The number of hydrogen-bond acceptors (Lipinski definition) is 14. The van der Waals surface area contributed by atoms with Crippen LogP contribution in [0.15, 0.2) is 12.8 Å². The van der Waals surface area contributed by atoms with Crippen molar-refractivity contribution in [2.45, 2.75) is 39.0 Å². The Labute approximate surface area is 282 Å². The highest BCUT2D eigenvalue weighted by Gasteiger charge is 2.02.